The molecular weight excluding hydrogens is 130 g/mol. The summed E-state index contributed by atoms with van der Waals surface area (Å²) in [5.74, 6) is -0.135. The van der Waals surface area contributed by atoms with E-state index in [-0.39, 0.29) is 5.88 Å². The van der Waals surface area contributed by atoms with Crippen molar-refractivity contribution in [3.8, 4) is 0 Å². The van der Waals surface area contributed by atoms with E-state index in [1.165, 1.54) is 6.20 Å². The fourth-order valence-corrected chi connectivity index (χ4v) is 0.938. The van der Waals surface area contributed by atoms with Gasteiger partial charge in [0.2, 0.25) is 0 Å². The first-order chi connectivity index (χ1) is 3.71. The normalized spacial score (nSPS) is 23.5. The van der Waals surface area contributed by atoms with Gasteiger partial charge in [0.15, 0.2) is 5.88 Å². The van der Waals surface area contributed by atoms with Gasteiger partial charge < -0.3 is 9.50 Å². The Balaban J connectivity index is 2.79. The minimum absolute atomic E-state index is 0.135. The molecule has 0 saturated carbocycles. The summed E-state index contributed by atoms with van der Waals surface area (Å²) in [5.41, 5.74) is 0. The summed E-state index contributed by atoms with van der Waals surface area (Å²) >= 11 is 0. The maximum Gasteiger partial charge on any atom is 0.326 e. The minimum atomic E-state index is -3.28. The molecule has 1 aliphatic heterocycles. The van der Waals surface area contributed by atoms with Crippen LogP contribution in [-0.2, 0) is 14.3 Å². The average molecular weight is 135 g/mol. The van der Waals surface area contributed by atoms with E-state index in [4.69, 9.17) is 0 Å². The van der Waals surface area contributed by atoms with E-state index in [1.54, 1.807) is 0 Å². The Kier molecular flexibility index (Phi) is 1.13. The van der Waals surface area contributed by atoms with Crippen LogP contribution < -0.4 is 5.32 Å². The molecule has 0 aromatic rings. The molecule has 0 unspecified atom stereocenters. The lowest BCUT2D eigenvalue weighted by Gasteiger charge is -2.06. The number of hydrogen-bond donors (Lipinski definition) is 1. The number of hydrogen-bond acceptors (Lipinski definition) is 4. The summed E-state index contributed by atoms with van der Waals surface area (Å²) < 4.78 is 24.8. The van der Waals surface area contributed by atoms with Gasteiger partial charge in [-0.25, -0.2) is 0 Å². The van der Waals surface area contributed by atoms with Gasteiger partial charge in [-0.2, -0.15) is 8.42 Å². The molecular formula is C3H5NO3S. The molecule has 1 rings (SSSR count). The Morgan fingerprint density at radius 3 is 2.62 bits per heavy atom. The number of rotatable bonds is 0. The van der Waals surface area contributed by atoms with Crippen LogP contribution in [0.5, 0.6) is 0 Å². The maximum absolute atomic E-state index is 10.3. The summed E-state index contributed by atoms with van der Waals surface area (Å²) in [7, 11) is -3.28. The highest BCUT2D eigenvalue weighted by Crippen LogP contribution is 1.95. The molecule has 5 heteroatoms. The van der Waals surface area contributed by atoms with Crippen LogP contribution in [0.4, 0.5) is 0 Å². The van der Waals surface area contributed by atoms with Crippen molar-refractivity contribution in [2.45, 2.75) is 0 Å². The fraction of sp³-hybridized carbons (Fsp3) is 0.333. The molecule has 1 heterocycles. The van der Waals surface area contributed by atoms with Gasteiger partial charge in [0, 0.05) is 6.20 Å². The van der Waals surface area contributed by atoms with E-state index in [0.717, 1.165) is 6.26 Å². The zero-order chi connectivity index (χ0) is 6.04. The predicted molar refractivity (Wildman–Crippen MR) is 27.1 cm³/mol. The Hall–Kier alpha value is -0.710. The Bertz CT molecular complexity index is 193. The zero-order valence-electron chi connectivity index (χ0n) is 3.99. The van der Waals surface area contributed by atoms with Crippen LogP contribution in [-0.4, -0.2) is 14.3 Å². The van der Waals surface area contributed by atoms with Crippen LogP contribution in [0.3, 0.4) is 0 Å². The summed E-state index contributed by atoms with van der Waals surface area (Å²) in [6.07, 6.45) is 2.53. The summed E-state index contributed by atoms with van der Waals surface area (Å²) in [4.78, 5) is 0. The molecule has 0 aliphatic carbocycles. The van der Waals surface area contributed by atoms with Crippen molar-refractivity contribution < 1.29 is 12.6 Å². The van der Waals surface area contributed by atoms with Gasteiger partial charge in [0.1, 0.15) is 6.26 Å². The molecule has 0 fully saturated rings. The number of nitrogens with one attached hydrogen (secondary N) is 1. The smallest absolute Gasteiger partial charge is 0.326 e. The van der Waals surface area contributed by atoms with Crippen LogP contribution in [0.15, 0.2) is 12.5 Å². The molecule has 0 aromatic heterocycles. The SMILES string of the molecule is O=S1(=O)CNC=CO1. The molecule has 4 nitrogen and oxygen atoms in total. The van der Waals surface area contributed by atoms with Gasteiger partial charge in [-0.1, -0.05) is 0 Å². The van der Waals surface area contributed by atoms with E-state index >= 15 is 0 Å². The first kappa shape index (κ1) is 5.43. The molecule has 1 N–H and O–H groups in total. The van der Waals surface area contributed by atoms with Crippen molar-refractivity contribution in [1.29, 1.82) is 0 Å². The minimum Gasteiger partial charge on any atom is -0.388 e. The van der Waals surface area contributed by atoms with Crippen molar-refractivity contribution >= 4 is 10.1 Å². The van der Waals surface area contributed by atoms with Gasteiger partial charge in [-0.3, -0.25) is 0 Å². The monoisotopic (exact) mass is 135 g/mol. The summed E-state index contributed by atoms with van der Waals surface area (Å²) in [5, 5.41) is 2.48. The van der Waals surface area contributed by atoms with Crippen molar-refractivity contribution in [3.05, 3.63) is 12.5 Å². The molecule has 8 heavy (non-hydrogen) atoms. The van der Waals surface area contributed by atoms with Crippen LogP contribution >= 0.6 is 0 Å². The molecule has 0 saturated heterocycles. The molecule has 0 aromatic carbocycles. The van der Waals surface area contributed by atoms with E-state index in [9.17, 15) is 8.42 Å². The zero-order valence-corrected chi connectivity index (χ0v) is 4.81. The highest BCUT2D eigenvalue weighted by atomic mass is 32.2. The Morgan fingerprint density at radius 2 is 2.38 bits per heavy atom. The fourth-order valence-electron chi connectivity index (χ4n) is 0.345. The van der Waals surface area contributed by atoms with Crippen molar-refractivity contribution in [2.24, 2.45) is 0 Å². The van der Waals surface area contributed by atoms with E-state index in [0.29, 0.717) is 0 Å². The second-order valence-corrected chi connectivity index (χ2v) is 2.90. The third-order valence-corrected chi connectivity index (χ3v) is 1.57. The van der Waals surface area contributed by atoms with Crippen LogP contribution in [0.25, 0.3) is 0 Å². The van der Waals surface area contributed by atoms with Crippen molar-refractivity contribution in [2.75, 3.05) is 5.88 Å². The lowest BCUT2D eigenvalue weighted by Crippen LogP contribution is -2.22. The summed E-state index contributed by atoms with van der Waals surface area (Å²) in [6.45, 7) is 0. The van der Waals surface area contributed by atoms with E-state index in [1.807, 2.05) is 0 Å². The van der Waals surface area contributed by atoms with E-state index < -0.39 is 10.1 Å². The topological polar surface area (TPSA) is 55.4 Å². The molecule has 46 valence electrons. The quantitative estimate of drug-likeness (QED) is 0.449. The van der Waals surface area contributed by atoms with Crippen LogP contribution in [0, 0.1) is 0 Å². The van der Waals surface area contributed by atoms with Gasteiger partial charge in [-0.15, -0.1) is 0 Å². The Morgan fingerprint density at radius 1 is 1.62 bits per heavy atom. The van der Waals surface area contributed by atoms with Crippen molar-refractivity contribution in [1.82, 2.24) is 5.32 Å². The average Bonchev–Trinajstić information content (AvgIpc) is 1.65. The van der Waals surface area contributed by atoms with Gasteiger partial charge in [-0.05, 0) is 0 Å². The second kappa shape index (κ2) is 1.66. The highest BCUT2D eigenvalue weighted by molar-refractivity contribution is 7.86. The molecule has 0 spiro atoms. The second-order valence-electron chi connectivity index (χ2n) is 1.31. The molecule has 0 bridgehead atoms. The van der Waals surface area contributed by atoms with Gasteiger partial charge in [0.25, 0.3) is 0 Å². The highest BCUT2D eigenvalue weighted by Gasteiger charge is 2.09. The Labute approximate surface area is 47.3 Å². The lowest BCUT2D eigenvalue weighted by atomic mass is 10.9. The predicted octanol–water partition coefficient (Wildman–Crippen LogP) is -0.635. The third kappa shape index (κ3) is 1.13. The molecule has 0 atom stereocenters. The first-order valence-electron chi connectivity index (χ1n) is 2.00. The van der Waals surface area contributed by atoms with Crippen molar-refractivity contribution in [3.63, 3.8) is 0 Å². The largest absolute Gasteiger partial charge is 0.388 e. The molecule has 0 radical (unpaired) electrons. The molecule has 0 amide bonds. The lowest BCUT2D eigenvalue weighted by molar-refractivity contribution is 0.429. The molecule has 1 aliphatic rings. The van der Waals surface area contributed by atoms with Gasteiger partial charge in [0.05, 0.1) is 0 Å². The summed E-state index contributed by atoms with van der Waals surface area (Å²) in [6, 6.07) is 0. The first-order valence-corrected chi connectivity index (χ1v) is 3.58. The van der Waals surface area contributed by atoms with E-state index in [2.05, 4.69) is 9.50 Å². The van der Waals surface area contributed by atoms with Crippen LogP contribution in [0.2, 0.25) is 0 Å². The van der Waals surface area contributed by atoms with Gasteiger partial charge >= 0.3 is 10.1 Å². The maximum atomic E-state index is 10.3. The third-order valence-electron chi connectivity index (χ3n) is 0.648. The standard InChI is InChI=1S/C3H5NO3S/c5-8(6)3-4-1-2-7-8/h1-2,4H,3H2. The van der Waals surface area contributed by atoms with Crippen LogP contribution in [0.1, 0.15) is 0 Å².